The molecule has 0 aliphatic carbocycles. The molecule has 2 heterocycles. The molecule has 2 N–H and O–H groups in total. The summed E-state index contributed by atoms with van der Waals surface area (Å²) in [7, 11) is 0. The van der Waals surface area contributed by atoms with Crippen LogP contribution in [0.1, 0.15) is 5.56 Å². The lowest BCUT2D eigenvalue weighted by Crippen LogP contribution is -1.97. The van der Waals surface area contributed by atoms with Gasteiger partial charge in [-0.05, 0) is 46.7 Å². The molecule has 7 nitrogen and oxygen atoms in total. The number of thioether (sulfide) groups is 1. The Morgan fingerprint density at radius 2 is 1.82 bits per heavy atom. The van der Waals surface area contributed by atoms with Gasteiger partial charge < -0.3 is 14.3 Å². The van der Waals surface area contributed by atoms with Crippen LogP contribution in [0.3, 0.4) is 0 Å². The van der Waals surface area contributed by atoms with Crippen LogP contribution in [-0.2, 0) is 11.4 Å². The molecule has 33 heavy (non-hydrogen) atoms. The van der Waals surface area contributed by atoms with Crippen molar-refractivity contribution in [2.45, 2.75) is 11.8 Å². The van der Waals surface area contributed by atoms with Crippen molar-refractivity contribution in [3.8, 4) is 28.7 Å². The molecule has 5 rings (SSSR count). The van der Waals surface area contributed by atoms with Gasteiger partial charge in [0.1, 0.15) is 18.1 Å². The summed E-state index contributed by atoms with van der Waals surface area (Å²) >= 11 is 1.04. The number of ether oxygens (including phenoxy) is 1. The fourth-order valence-corrected chi connectivity index (χ4v) is 3.92. The van der Waals surface area contributed by atoms with Crippen LogP contribution in [0.5, 0.6) is 5.75 Å². The molecule has 164 valence electrons. The summed E-state index contributed by atoms with van der Waals surface area (Å²) in [6, 6.07) is 25.9. The number of hydrogen-bond acceptors (Lipinski definition) is 6. The average Bonchev–Trinajstić information content (AvgIpc) is 3.51. The minimum absolute atomic E-state index is 0.104. The second-order valence-corrected chi connectivity index (χ2v) is 8.25. The van der Waals surface area contributed by atoms with Crippen molar-refractivity contribution in [3.63, 3.8) is 0 Å². The topological polar surface area (TPSA) is 101 Å². The van der Waals surface area contributed by atoms with Crippen molar-refractivity contribution in [1.82, 2.24) is 15.2 Å². The first-order valence-electron chi connectivity index (χ1n) is 10.2. The van der Waals surface area contributed by atoms with Crippen LogP contribution >= 0.6 is 11.8 Å². The molecule has 0 unspecified atom stereocenters. The minimum atomic E-state index is -0.922. The zero-order valence-corrected chi connectivity index (χ0v) is 18.2. The lowest BCUT2D eigenvalue weighted by molar-refractivity contribution is -0.133. The smallest absolute Gasteiger partial charge is 0.313 e. The van der Waals surface area contributed by atoms with E-state index in [4.69, 9.17) is 14.3 Å². The molecule has 5 aromatic rings. The van der Waals surface area contributed by atoms with Gasteiger partial charge in [-0.25, -0.2) is 0 Å². The van der Waals surface area contributed by atoms with Gasteiger partial charge in [0.05, 0.1) is 5.75 Å². The first-order chi connectivity index (χ1) is 16.1. The molecule has 0 saturated heterocycles. The Labute approximate surface area is 193 Å². The van der Waals surface area contributed by atoms with Gasteiger partial charge >= 0.3 is 5.97 Å². The Hall–Kier alpha value is -4.04. The minimum Gasteiger partial charge on any atom is -0.489 e. The summed E-state index contributed by atoms with van der Waals surface area (Å²) in [6.07, 6.45) is 0. The molecular weight excluding hydrogens is 438 g/mol. The first-order valence-corrected chi connectivity index (χ1v) is 11.2. The molecule has 0 bridgehead atoms. The standard InChI is InChI=1S/C25H19N3O4S/c29-23(30)15-33-25-26-24(27-28-25)22-11-10-21(32-22)19-6-3-7-20(13-19)31-14-16-8-9-17-4-1-2-5-18(17)12-16/h1-13H,14-15H2,(H,29,30)(H,26,27,28). The van der Waals surface area contributed by atoms with E-state index in [2.05, 4.69) is 45.5 Å². The van der Waals surface area contributed by atoms with Crippen LogP contribution in [0.4, 0.5) is 0 Å². The maximum Gasteiger partial charge on any atom is 0.313 e. The SMILES string of the molecule is O=C(O)CSc1n[nH]c(-c2ccc(-c3cccc(OCc4ccc5ccccc5c4)c3)o2)n1. The molecule has 0 fully saturated rings. The monoisotopic (exact) mass is 457 g/mol. The number of nitrogens with one attached hydrogen (secondary N) is 1. The Kier molecular flexibility index (Phi) is 5.82. The summed E-state index contributed by atoms with van der Waals surface area (Å²) in [4.78, 5) is 15.0. The van der Waals surface area contributed by atoms with Crippen LogP contribution in [0.2, 0.25) is 0 Å². The maximum absolute atomic E-state index is 10.7. The lowest BCUT2D eigenvalue weighted by Gasteiger charge is -2.08. The number of carboxylic acid groups (broad SMARTS) is 1. The molecule has 0 spiro atoms. The van der Waals surface area contributed by atoms with Crippen LogP contribution in [0.15, 0.2) is 88.4 Å². The van der Waals surface area contributed by atoms with Gasteiger partial charge in [0.25, 0.3) is 0 Å². The number of hydrogen-bond donors (Lipinski definition) is 2. The fourth-order valence-electron chi connectivity index (χ4n) is 3.40. The molecule has 3 aromatic carbocycles. The summed E-state index contributed by atoms with van der Waals surface area (Å²) in [5.74, 6) is 1.34. The van der Waals surface area contributed by atoms with Crippen LogP contribution in [0, 0.1) is 0 Å². The number of nitrogens with zero attached hydrogens (tertiary/aromatic N) is 2. The number of carboxylic acids is 1. The Morgan fingerprint density at radius 1 is 0.970 bits per heavy atom. The number of benzene rings is 3. The van der Waals surface area contributed by atoms with Gasteiger partial charge in [0.15, 0.2) is 11.6 Å². The van der Waals surface area contributed by atoms with Gasteiger partial charge in [0.2, 0.25) is 5.16 Å². The zero-order valence-electron chi connectivity index (χ0n) is 17.4. The number of furan rings is 1. The quantitative estimate of drug-likeness (QED) is 0.291. The van der Waals surface area contributed by atoms with Crippen molar-refractivity contribution < 1.29 is 19.1 Å². The van der Waals surface area contributed by atoms with E-state index < -0.39 is 5.97 Å². The molecule has 0 radical (unpaired) electrons. The summed E-state index contributed by atoms with van der Waals surface area (Å²) in [5.41, 5.74) is 1.97. The summed E-state index contributed by atoms with van der Waals surface area (Å²) in [5, 5.41) is 18.3. The van der Waals surface area contributed by atoms with Gasteiger partial charge in [-0.2, -0.15) is 4.98 Å². The number of H-pyrrole nitrogens is 1. The summed E-state index contributed by atoms with van der Waals surface area (Å²) < 4.78 is 12.0. The van der Waals surface area contributed by atoms with E-state index in [0.717, 1.165) is 28.6 Å². The third-order valence-corrected chi connectivity index (χ3v) is 5.80. The molecular formula is C25H19N3O4S. The van der Waals surface area contributed by atoms with E-state index in [0.29, 0.717) is 29.1 Å². The van der Waals surface area contributed by atoms with E-state index in [1.54, 1.807) is 6.07 Å². The van der Waals surface area contributed by atoms with E-state index in [1.807, 2.05) is 42.5 Å². The summed E-state index contributed by atoms with van der Waals surface area (Å²) in [6.45, 7) is 0.465. The van der Waals surface area contributed by atoms with Crippen molar-refractivity contribution >= 4 is 28.5 Å². The first kappa shape index (κ1) is 20.8. The predicted octanol–water partition coefficient (Wildman–Crippen LogP) is 5.64. The highest BCUT2D eigenvalue weighted by Gasteiger charge is 2.13. The van der Waals surface area contributed by atoms with Crippen molar-refractivity contribution in [3.05, 3.63) is 84.4 Å². The highest BCUT2D eigenvalue weighted by atomic mass is 32.2. The van der Waals surface area contributed by atoms with Crippen LogP contribution in [-0.4, -0.2) is 32.0 Å². The molecule has 0 aliphatic heterocycles. The van der Waals surface area contributed by atoms with Crippen LogP contribution < -0.4 is 4.74 Å². The van der Waals surface area contributed by atoms with Gasteiger partial charge in [0, 0.05) is 5.56 Å². The molecule has 0 atom stereocenters. The highest BCUT2D eigenvalue weighted by molar-refractivity contribution is 7.99. The van der Waals surface area contributed by atoms with Crippen molar-refractivity contribution in [1.29, 1.82) is 0 Å². The predicted molar refractivity (Wildman–Crippen MR) is 126 cm³/mol. The van der Waals surface area contributed by atoms with Gasteiger partial charge in [-0.3, -0.25) is 9.89 Å². The lowest BCUT2D eigenvalue weighted by atomic mass is 10.1. The largest absolute Gasteiger partial charge is 0.489 e. The molecule has 8 heteroatoms. The molecule has 2 aromatic heterocycles. The maximum atomic E-state index is 10.7. The second-order valence-electron chi connectivity index (χ2n) is 7.31. The molecule has 0 saturated carbocycles. The number of aromatic amines is 1. The average molecular weight is 458 g/mol. The van der Waals surface area contributed by atoms with Crippen LogP contribution in [0.25, 0.3) is 33.7 Å². The Bertz CT molecular complexity index is 1430. The van der Waals surface area contributed by atoms with E-state index in [-0.39, 0.29) is 5.75 Å². The fraction of sp³-hybridized carbons (Fsp3) is 0.0800. The number of aromatic nitrogens is 3. The van der Waals surface area contributed by atoms with Crippen molar-refractivity contribution in [2.75, 3.05) is 5.75 Å². The normalized spacial score (nSPS) is 11.0. The highest BCUT2D eigenvalue weighted by Crippen LogP contribution is 2.30. The number of carbonyl (C=O) groups is 1. The number of fused-ring (bicyclic) bond motifs is 1. The Morgan fingerprint density at radius 3 is 2.70 bits per heavy atom. The van der Waals surface area contributed by atoms with Crippen molar-refractivity contribution in [2.24, 2.45) is 0 Å². The third kappa shape index (κ3) is 4.91. The van der Waals surface area contributed by atoms with E-state index in [1.165, 1.54) is 10.8 Å². The molecule has 0 aliphatic rings. The van der Waals surface area contributed by atoms with E-state index in [9.17, 15) is 4.79 Å². The second kappa shape index (κ2) is 9.22. The number of rotatable bonds is 8. The molecule has 0 amide bonds. The number of aliphatic carboxylic acids is 1. The van der Waals surface area contributed by atoms with Gasteiger partial charge in [-0.15, -0.1) is 5.10 Å². The Balaban J connectivity index is 1.28. The van der Waals surface area contributed by atoms with Gasteiger partial charge in [-0.1, -0.05) is 60.3 Å². The zero-order chi connectivity index (χ0) is 22.6. The third-order valence-electron chi connectivity index (χ3n) is 4.97. The van der Waals surface area contributed by atoms with E-state index >= 15 is 0 Å².